The average molecular weight is 481 g/mol. The summed E-state index contributed by atoms with van der Waals surface area (Å²) in [6, 6.07) is 15.0. The number of hydrogen-bond donors (Lipinski definition) is 1. The van der Waals surface area contributed by atoms with Crippen LogP contribution in [0.1, 0.15) is 16.9 Å². The molecule has 1 aromatic heterocycles. The smallest absolute Gasteiger partial charge is 0.349 e. The molecule has 0 spiro atoms. The molecule has 3 aromatic rings. The van der Waals surface area contributed by atoms with E-state index in [0.717, 1.165) is 5.56 Å². The summed E-state index contributed by atoms with van der Waals surface area (Å²) in [5.41, 5.74) is 1.19. The van der Waals surface area contributed by atoms with Crippen molar-refractivity contribution in [3.63, 3.8) is 0 Å². The first-order valence-corrected chi connectivity index (χ1v) is 10.5. The number of ether oxygens (including phenoxy) is 3. The minimum absolute atomic E-state index is 0.106. The number of amides is 1. The minimum Gasteiger partial charge on any atom is -0.493 e. The van der Waals surface area contributed by atoms with Gasteiger partial charge in [0.25, 0.3) is 5.91 Å². The number of halogens is 1. The van der Waals surface area contributed by atoms with Gasteiger partial charge in [-0.1, -0.05) is 17.7 Å². The molecule has 0 bridgehead atoms. The summed E-state index contributed by atoms with van der Waals surface area (Å²) in [6.07, 6.45) is 2.89. The molecule has 0 aliphatic rings. The van der Waals surface area contributed by atoms with Gasteiger partial charge in [0.2, 0.25) is 0 Å². The predicted molar refractivity (Wildman–Crippen MR) is 124 cm³/mol. The zero-order valence-corrected chi connectivity index (χ0v) is 19.2. The lowest BCUT2D eigenvalue weighted by Crippen LogP contribution is -2.23. The van der Waals surface area contributed by atoms with Crippen LogP contribution in [-0.2, 0) is 16.1 Å². The maximum Gasteiger partial charge on any atom is 0.349 e. The monoisotopic (exact) mass is 480 g/mol. The lowest BCUT2D eigenvalue weighted by Gasteiger charge is -2.12. The number of benzene rings is 2. The molecule has 0 unspecified atom stereocenters. The molecule has 3 rings (SSSR count). The number of esters is 1. The first kappa shape index (κ1) is 24.4. The van der Waals surface area contributed by atoms with Crippen LogP contribution >= 0.6 is 11.6 Å². The summed E-state index contributed by atoms with van der Waals surface area (Å²) in [7, 11) is 1.41. The highest BCUT2D eigenvalue weighted by Crippen LogP contribution is 2.29. The summed E-state index contributed by atoms with van der Waals surface area (Å²) in [5, 5.41) is 12.6. The molecular weight excluding hydrogens is 460 g/mol. The van der Waals surface area contributed by atoms with E-state index in [1.807, 2.05) is 13.0 Å². The van der Waals surface area contributed by atoms with Crippen LogP contribution in [0.2, 0.25) is 5.02 Å². The van der Waals surface area contributed by atoms with Crippen molar-refractivity contribution in [3.05, 3.63) is 82.3 Å². The van der Waals surface area contributed by atoms with Gasteiger partial charge < -0.3 is 23.9 Å². The molecule has 1 amide bonds. The summed E-state index contributed by atoms with van der Waals surface area (Å²) < 4.78 is 21.3. The summed E-state index contributed by atoms with van der Waals surface area (Å²) in [6.45, 7) is 1.65. The van der Waals surface area contributed by atoms with Crippen molar-refractivity contribution >= 4 is 29.6 Å². The van der Waals surface area contributed by atoms with Crippen molar-refractivity contribution < 1.29 is 28.2 Å². The summed E-state index contributed by atoms with van der Waals surface area (Å²) >= 11 is 5.92. The molecule has 1 N–H and O–H groups in total. The van der Waals surface area contributed by atoms with Crippen molar-refractivity contribution in [1.82, 2.24) is 5.32 Å². The van der Waals surface area contributed by atoms with Gasteiger partial charge in [0.05, 0.1) is 19.9 Å². The number of carbonyl (C=O) groups is 2. The van der Waals surface area contributed by atoms with Crippen molar-refractivity contribution in [2.24, 2.45) is 0 Å². The highest BCUT2D eigenvalue weighted by Gasteiger charge is 2.14. The van der Waals surface area contributed by atoms with Crippen LogP contribution in [0.3, 0.4) is 0 Å². The molecule has 0 aliphatic carbocycles. The fourth-order valence-corrected chi connectivity index (χ4v) is 3.14. The number of aryl methyl sites for hydroxylation is 1. The van der Waals surface area contributed by atoms with E-state index in [2.05, 4.69) is 5.32 Å². The number of methoxy groups -OCH3 is 1. The molecule has 2 aromatic carbocycles. The minimum atomic E-state index is -0.633. The van der Waals surface area contributed by atoms with E-state index in [1.54, 1.807) is 42.5 Å². The number of nitrogens with one attached hydrogen (secondary N) is 1. The Morgan fingerprint density at radius 3 is 2.62 bits per heavy atom. The molecular formula is C25H21ClN2O6. The van der Waals surface area contributed by atoms with E-state index in [0.29, 0.717) is 22.1 Å². The Kier molecular flexibility index (Phi) is 8.32. The second-order valence-electron chi connectivity index (χ2n) is 7.01. The van der Waals surface area contributed by atoms with Gasteiger partial charge in [-0.25, -0.2) is 4.79 Å². The lowest BCUT2D eigenvalue weighted by atomic mass is 10.1. The SMILES string of the molecule is COc1cc(/C=C(\C#N)C(=O)NCc2ccco2)ccc1OC(=O)COc1ccc(Cl)cc1C. The Morgan fingerprint density at radius 1 is 1.15 bits per heavy atom. The third-order valence-corrected chi connectivity index (χ3v) is 4.81. The molecule has 34 heavy (non-hydrogen) atoms. The van der Waals surface area contributed by atoms with Gasteiger partial charge in [0, 0.05) is 5.02 Å². The van der Waals surface area contributed by atoms with Crippen molar-refractivity contribution in [2.45, 2.75) is 13.5 Å². The first-order valence-electron chi connectivity index (χ1n) is 10.1. The highest BCUT2D eigenvalue weighted by molar-refractivity contribution is 6.30. The van der Waals surface area contributed by atoms with Crippen LogP contribution in [0.15, 0.2) is 64.8 Å². The Hall–Kier alpha value is -4.22. The van der Waals surface area contributed by atoms with Crippen LogP contribution in [-0.4, -0.2) is 25.6 Å². The maximum absolute atomic E-state index is 12.3. The maximum atomic E-state index is 12.3. The lowest BCUT2D eigenvalue weighted by molar-refractivity contribution is -0.136. The normalized spacial score (nSPS) is 10.8. The number of carbonyl (C=O) groups excluding carboxylic acids is 2. The molecule has 174 valence electrons. The van der Waals surface area contributed by atoms with E-state index in [9.17, 15) is 14.9 Å². The number of hydrogen-bond acceptors (Lipinski definition) is 7. The number of furan rings is 1. The van der Waals surface area contributed by atoms with Crippen molar-refractivity contribution in [2.75, 3.05) is 13.7 Å². The Bertz CT molecular complexity index is 1240. The molecule has 0 fully saturated rings. The average Bonchev–Trinajstić information content (AvgIpc) is 3.35. The van der Waals surface area contributed by atoms with E-state index in [-0.39, 0.29) is 30.2 Å². The summed E-state index contributed by atoms with van der Waals surface area (Å²) in [4.78, 5) is 24.6. The van der Waals surface area contributed by atoms with Crippen LogP contribution < -0.4 is 19.5 Å². The first-order chi connectivity index (χ1) is 16.4. The highest BCUT2D eigenvalue weighted by atomic mass is 35.5. The zero-order valence-electron chi connectivity index (χ0n) is 18.5. The molecule has 0 aliphatic heterocycles. The molecule has 1 heterocycles. The van der Waals surface area contributed by atoms with E-state index >= 15 is 0 Å². The molecule has 0 saturated heterocycles. The van der Waals surface area contributed by atoms with Gasteiger partial charge >= 0.3 is 5.97 Å². The number of nitrogens with zero attached hydrogens (tertiary/aromatic N) is 1. The van der Waals surface area contributed by atoms with Gasteiger partial charge in [0.15, 0.2) is 18.1 Å². The van der Waals surface area contributed by atoms with Gasteiger partial charge in [-0.15, -0.1) is 0 Å². The number of nitriles is 1. The second kappa shape index (κ2) is 11.6. The Morgan fingerprint density at radius 2 is 1.94 bits per heavy atom. The second-order valence-corrected chi connectivity index (χ2v) is 7.45. The molecule has 0 saturated carbocycles. The molecule has 0 radical (unpaired) electrons. The van der Waals surface area contributed by atoms with E-state index < -0.39 is 11.9 Å². The van der Waals surface area contributed by atoms with Crippen molar-refractivity contribution in [1.29, 1.82) is 5.26 Å². The van der Waals surface area contributed by atoms with Gasteiger partial charge in [0.1, 0.15) is 23.2 Å². The van der Waals surface area contributed by atoms with Crippen molar-refractivity contribution in [3.8, 4) is 23.3 Å². The molecule has 8 nitrogen and oxygen atoms in total. The third-order valence-electron chi connectivity index (χ3n) is 4.57. The van der Waals surface area contributed by atoms with Gasteiger partial charge in [-0.2, -0.15) is 5.26 Å². The standard InChI is InChI=1S/C25H21ClN2O6/c1-16-10-19(26)6-8-21(16)33-15-24(29)34-22-7-5-17(12-23(22)31-2)11-18(13-27)25(30)28-14-20-4-3-9-32-20/h3-12H,14-15H2,1-2H3,(H,28,30)/b18-11+. The van der Waals surface area contributed by atoms with Gasteiger partial charge in [-0.3, -0.25) is 4.79 Å². The topological polar surface area (TPSA) is 111 Å². The Labute approximate surface area is 201 Å². The fourth-order valence-electron chi connectivity index (χ4n) is 2.91. The largest absolute Gasteiger partial charge is 0.493 e. The van der Waals surface area contributed by atoms with Crippen LogP contribution in [0.5, 0.6) is 17.2 Å². The van der Waals surface area contributed by atoms with Crippen LogP contribution in [0.4, 0.5) is 0 Å². The zero-order chi connectivity index (χ0) is 24.5. The van der Waals surface area contributed by atoms with Gasteiger partial charge in [-0.05, 0) is 66.6 Å². The Balaban J connectivity index is 1.64. The quantitative estimate of drug-likeness (QED) is 0.208. The molecule has 9 heteroatoms. The van der Waals surface area contributed by atoms with E-state index in [1.165, 1.54) is 25.5 Å². The van der Waals surface area contributed by atoms with E-state index in [4.69, 9.17) is 30.2 Å². The van der Waals surface area contributed by atoms with Crippen LogP contribution in [0.25, 0.3) is 6.08 Å². The fraction of sp³-hybridized carbons (Fsp3) is 0.160. The summed E-state index contributed by atoms with van der Waals surface area (Å²) in [5.74, 6) is 0.311. The third kappa shape index (κ3) is 6.64. The van der Waals surface area contributed by atoms with Crippen LogP contribution in [0, 0.1) is 18.3 Å². The molecule has 0 atom stereocenters. The predicted octanol–water partition coefficient (Wildman–Crippen LogP) is 4.46. The number of rotatable bonds is 9.